The largest absolute Gasteiger partial charge is 0.397 e. The van der Waals surface area contributed by atoms with Crippen LogP contribution in [0.25, 0.3) is 0 Å². The van der Waals surface area contributed by atoms with Gasteiger partial charge in [0.15, 0.2) is 0 Å². The Labute approximate surface area is 110 Å². The van der Waals surface area contributed by atoms with E-state index in [0.29, 0.717) is 0 Å². The van der Waals surface area contributed by atoms with Gasteiger partial charge in [0.1, 0.15) is 5.82 Å². The third kappa shape index (κ3) is 3.13. The lowest BCUT2D eigenvalue weighted by atomic mass is 10.0. The van der Waals surface area contributed by atoms with Crippen LogP contribution in [-0.4, -0.2) is 43.6 Å². The van der Waals surface area contributed by atoms with E-state index >= 15 is 0 Å². The number of nitrogens with two attached hydrogens (primary N) is 1. The van der Waals surface area contributed by atoms with Crippen molar-refractivity contribution in [1.29, 1.82) is 0 Å². The zero-order valence-electron chi connectivity index (χ0n) is 11.7. The molecule has 1 fully saturated rings. The molecule has 2 heterocycles. The molecular weight excluding hydrogens is 224 g/mol. The van der Waals surface area contributed by atoms with Crippen molar-refractivity contribution in [3.8, 4) is 0 Å². The molecule has 4 heteroatoms. The van der Waals surface area contributed by atoms with Gasteiger partial charge in [0.25, 0.3) is 0 Å². The van der Waals surface area contributed by atoms with Crippen LogP contribution < -0.4 is 10.6 Å². The summed E-state index contributed by atoms with van der Waals surface area (Å²) in [5.41, 5.74) is 7.62. The Morgan fingerprint density at radius 2 is 2.33 bits per heavy atom. The van der Waals surface area contributed by atoms with Crippen molar-refractivity contribution in [1.82, 2.24) is 9.88 Å². The normalized spacial score (nSPS) is 20.3. The monoisotopic (exact) mass is 248 g/mol. The molecule has 4 nitrogen and oxygen atoms in total. The fourth-order valence-corrected chi connectivity index (χ4v) is 2.73. The predicted molar refractivity (Wildman–Crippen MR) is 76.9 cm³/mol. The van der Waals surface area contributed by atoms with Gasteiger partial charge in [-0.1, -0.05) is 0 Å². The van der Waals surface area contributed by atoms with Gasteiger partial charge in [-0.25, -0.2) is 4.98 Å². The van der Waals surface area contributed by atoms with Crippen molar-refractivity contribution in [2.24, 2.45) is 5.92 Å². The summed E-state index contributed by atoms with van der Waals surface area (Å²) in [5, 5.41) is 0. The number of nitrogens with zero attached hydrogens (tertiary/aromatic N) is 3. The Morgan fingerprint density at radius 3 is 2.94 bits per heavy atom. The van der Waals surface area contributed by atoms with Gasteiger partial charge in [-0.3, -0.25) is 0 Å². The molecule has 0 amide bonds. The fraction of sp³-hybridized carbons (Fsp3) is 0.643. The molecule has 1 aliphatic heterocycles. The van der Waals surface area contributed by atoms with E-state index in [9.17, 15) is 0 Å². The van der Waals surface area contributed by atoms with Gasteiger partial charge in [0.2, 0.25) is 0 Å². The smallest absolute Gasteiger partial charge is 0.131 e. The molecule has 0 saturated carbocycles. The van der Waals surface area contributed by atoms with Crippen LogP contribution in [0.1, 0.15) is 18.4 Å². The number of likely N-dealkylation sites (tertiary alicyclic amines) is 1. The molecule has 1 aromatic heterocycles. The van der Waals surface area contributed by atoms with Crippen molar-refractivity contribution in [2.75, 3.05) is 44.4 Å². The first-order valence-electron chi connectivity index (χ1n) is 6.68. The molecule has 1 unspecified atom stereocenters. The number of aromatic nitrogens is 1. The van der Waals surface area contributed by atoms with Gasteiger partial charge in [0, 0.05) is 20.1 Å². The lowest BCUT2D eigenvalue weighted by Crippen LogP contribution is -2.24. The Balaban J connectivity index is 1.89. The molecule has 0 radical (unpaired) electrons. The van der Waals surface area contributed by atoms with Crippen LogP contribution in [0, 0.1) is 12.8 Å². The van der Waals surface area contributed by atoms with Crippen LogP contribution in [0.4, 0.5) is 11.5 Å². The highest BCUT2D eigenvalue weighted by Crippen LogP contribution is 2.21. The first kappa shape index (κ1) is 13.1. The molecule has 0 spiro atoms. The highest BCUT2D eigenvalue weighted by molar-refractivity contribution is 5.52. The summed E-state index contributed by atoms with van der Waals surface area (Å²) in [5.74, 6) is 1.89. The van der Waals surface area contributed by atoms with Crippen LogP contribution in [0.5, 0.6) is 0 Å². The summed E-state index contributed by atoms with van der Waals surface area (Å²) in [6.45, 7) is 5.62. The van der Waals surface area contributed by atoms with Crippen molar-refractivity contribution in [2.45, 2.75) is 19.8 Å². The lowest BCUT2D eigenvalue weighted by molar-refractivity contribution is 0.389. The molecule has 1 aromatic rings. The van der Waals surface area contributed by atoms with Crippen LogP contribution >= 0.6 is 0 Å². The van der Waals surface area contributed by atoms with E-state index in [1.54, 1.807) is 6.20 Å². The molecule has 0 aliphatic carbocycles. The number of pyridine rings is 1. The summed E-state index contributed by atoms with van der Waals surface area (Å²) in [6, 6.07) is 1.99. The number of hydrogen-bond acceptors (Lipinski definition) is 4. The molecule has 2 rings (SSSR count). The maximum atomic E-state index is 5.73. The Hall–Kier alpha value is -1.29. The van der Waals surface area contributed by atoms with Gasteiger partial charge in [0.05, 0.1) is 11.9 Å². The van der Waals surface area contributed by atoms with Crippen molar-refractivity contribution in [3.63, 3.8) is 0 Å². The Morgan fingerprint density at radius 1 is 1.56 bits per heavy atom. The quantitative estimate of drug-likeness (QED) is 0.882. The molecular formula is C14H24N4. The molecule has 0 aromatic carbocycles. The zero-order chi connectivity index (χ0) is 13.1. The van der Waals surface area contributed by atoms with Crippen LogP contribution in [0.15, 0.2) is 12.3 Å². The second kappa shape index (κ2) is 5.57. The summed E-state index contributed by atoms with van der Waals surface area (Å²) in [7, 11) is 4.32. The van der Waals surface area contributed by atoms with Crippen LogP contribution in [-0.2, 0) is 0 Å². The van der Waals surface area contributed by atoms with E-state index < -0.39 is 0 Å². The van der Waals surface area contributed by atoms with E-state index in [1.165, 1.54) is 25.9 Å². The zero-order valence-corrected chi connectivity index (χ0v) is 11.7. The highest BCUT2D eigenvalue weighted by Gasteiger charge is 2.19. The van der Waals surface area contributed by atoms with E-state index in [4.69, 9.17) is 5.73 Å². The lowest BCUT2D eigenvalue weighted by Gasteiger charge is -2.22. The third-order valence-electron chi connectivity index (χ3n) is 3.80. The first-order chi connectivity index (χ1) is 8.56. The highest BCUT2D eigenvalue weighted by atomic mass is 15.2. The van der Waals surface area contributed by atoms with Gasteiger partial charge in [-0.2, -0.15) is 0 Å². The number of nitrogen functional groups attached to an aromatic ring is 1. The van der Waals surface area contributed by atoms with Gasteiger partial charge in [-0.15, -0.1) is 0 Å². The standard InChI is InChI=1S/C14H24N4/c1-11-8-13(15)9-16-14(11)18(3)7-5-12-4-6-17(2)10-12/h8-9,12H,4-7,10,15H2,1-3H3. The maximum absolute atomic E-state index is 5.73. The molecule has 0 bridgehead atoms. The van der Waals surface area contributed by atoms with E-state index in [0.717, 1.165) is 29.5 Å². The van der Waals surface area contributed by atoms with E-state index in [1.807, 2.05) is 6.07 Å². The number of anilines is 2. The summed E-state index contributed by atoms with van der Waals surface area (Å²) in [4.78, 5) is 9.09. The minimum Gasteiger partial charge on any atom is -0.397 e. The average molecular weight is 248 g/mol. The Kier molecular flexibility index (Phi) is 4.07. The van der Waals surface area contributed by atoms with Crippen LogP contribution in [0.2, 0.25) is 0 Å². The number of rotatable bonds is 4. The van der Waals surface area contributed by atoms with Crippen LogP contribution in [0.3, 0.4) is 0 Å². The predicted octanol–water partition coefficient (Wildman–Crippen LogP) is 1.75. The van der Waals surface area contributed by atoms with Crippen molar-refractivity contribution >= 4 is 11.5 Å². The van der Waals surface area contributed by atoms with Crippen molar-refractivity contribution < 1.29 is 0 Å². The average Bonchev–Trinajstić information content (AvgIpc) is 2.72. The van der Waals surface area contributed by atoms with E-state index in [-0.39, 0.29) is 0 Å². The summed E-state index contributed by atoms with van der Waals surface area (Å²) < 4.78 is 0. The van der Waals surface area contributed by atoms with Gasteiger partial charge >= 0.3 is 0 Å². The second-order valence-electron chi connectivity index (χ2n) is 5.54. The molecule has 100 valence electrons. The number of hydrogen-bond donors (Lipinski definition) is 1. The SMILES string of the molecule is Cc1cc(N)cnc1N(C)CCC1CCN(C)C1. The maximum Gasteiger partial charge on any atom is 0.131 e. The molecule has 1 atom stereocenters. The van der Waals surface area contributed by atoms with E-state index in [2.05, 4.69) is 35.8 Å². The minimum absolute atomic E-state index is 0.738. The third-order valence-corrected chi connectivity index (χ3v) is 3.80. The first-order valence-corrected chi connectivity index (χ1v) is 6.68. The van der Waals surface area contributed by atoms with Gasteiger partial charge in [-0.05, 0) is 50.9 Å². The number of aryl methyl sites for hydroxylation is 1. The molecule has 2 N–H and O–H groups in total. The molecule has 1 aliphatic rings. The fourth-order valence-electron chi connectivity index (χ4n) is 2.73. The molecule has 18 heavy (non-hydrogen) atoms. The minimum atomic E-state index is 0.738. The topological polar surface area (TPSA) is 45.4 Å². The Bertz CT molecular complexity index is 405. The summed E-state index contributed by atoms with van der Waals surface area (Å²) in [6.07, 6.45) is 4.31. The second-order valence-corrected chi connectivity index (χ2v) is 5.54. The van der Waals surface area contributed by atoms with Crippen molar-refractivity contribution in [3.05, 3.63) is 17.8 Å². The summed E-state index contributed by atoms with van der Waals surface area (Å²) >= 11 is 0. The van der Waals surface area contributed by atoms with Gasteiger partial charge < -0.3 is 15.5 Å². The molecule has 1 saturated heterocycles.